The van der Waals surface area contributed by atoms with Gasteiger partial charge in [-0.3, -0.25) is 4.79 Å². The minimum atomic E-state index is -4.45. The fraction of sp³-hybridized carbons (Fsp3) is 0.200. The molecule has 0 atom stereocenters. The highest BCUT2D eigenvalue weighted by atomic mass is 19.4. The Morgan fingerprint density at radius 1 is 1.23 bits per heavy atom. The van der Waals surface area contributed by atoms with E-state index in [9.17, 15) is 22.8 Å². The molecule has 1 heterocycles. The molecule has 0 radical (unpaired) electrons. The van der Waals surface area contributed by atoms with Crippen LogP contribution in [-0.4, -0.2) is 16.7 Å². The monoisotopic (exact) mass is 311 g/mol. The van der Waals surface area contributed by atoms with Crippen LogP contribution >= 0.6 is 0 Å². The first kappa shape index (κ1) is 15.8. The summed E-state index contributed by atoms with van der Waals surface area (Å²) in [5.41, 5.74) is -0.190. The van der Waals surface area contributed by atoms with Crippen LogP contribution in [0.2, 0.25) is 0 Å². The van der Waals surface area contributed by atoms with Gasteiger partial charge in [0.15, 0.2) is 5.78 Å². The molecule has 0 bridgehead atoms. The van der Waals surface area contributed by atoms with E-state index in [1.807, 2.05) is 0 Å². The van der Waals surface area contributed by atoms with Crippen LogP contribution in [0, 0.1) is 0 Å². The molecule has 0 saturated heterocycles. The maximum atomic E-state index is 12.6. The van der Waals surface area contributed by atoms with Gasteiger partial charge in [-0.15, -0.1) is 0 Å². The second kappa shape index (κ2) is 6.05. The molecule has 116 valence electrons. The summed E-state index contributed by atoms with van der Waals surface area (Å²) in [4.78, 5) is 25.4. The van der Waals surface area contributed by atoms with E-state index in [0.29, 0.717) is 5.56 Å². The van der Waals surface area contributed by atoms with Crippen molar-refractivity contribution in [1.82, 2.24) is 4.98 Å². The Labute approximate surface area is 123 Å². The molecule has 0 fully saturated rings. The molecular formula is C15H12F3NO3. The van der Waals surface area contributed by atoms with Gasteiger partial charge in [0.05, 0.1) is 5.56 Å². The quantitative estimate of drug-likeness (QED) is 0.693. The van der Waals surface area contributed by atoms with E-state index < -0.39 is 17.7 Å². The van der Waals surface area contributed by atoms with Gasteiger partial charge in [0.1, 0.15) is 12.3 Å². The maximum Gasteiger partial charge on any atom is 0.416 e. The lowest BCUT2D eigenvalue weighted by Crippen LogP contribution is -2.08. The number of nitrogens with one attached hydrogen (secondary N) is 1. The Morgan fingerprint density at radius 3 is 2.55 bits per heavy atom. The summed E-state index contributed by atoms with van der Waals surface area (Å²) in [5.74, 6) is -0.960. The standard InChI is InChI=1S/C15H12F3NO3/c1-9(20)11-6-13(19-7-11)14(21)22-8-10-3-2-4-12(5-10)15(16,17)18/h2-7,19H,8H2,1H3. The van der Waals surface area contributed by atoms with Crippen LogP contribution in [0.4, 0.5) is 13.2 Å². The largest absolute Gasteiger partial charge is 0.456 e. The summed E-state index contributed by atoms with van der Waals surface area (Å²) in [6, 6.07) is 5.86. The van der Waals surface area contributed by atoms with Gasteiger partial charge in [0.2, 0.25) is 0 Å². The predicted octanol–water partition coefficient (Wildman–Crippen LogP) is 3.59. The molecule has 0 amide bonds. The van der Waals surface area contributed by atoms with Crippen LogP contribution < -0.4 is 0 Å². The number of Topliss-reactive ketones (excluding diaryl/α,β-unsaturated/α-hetero) is 1. The highest BCUT2D eigenvalue weighted by Gasteiger charge is 2.30. The molecule has 0 saturated carbocycles. The number of esters is 1. The first-order valence-electron chi connectivity index (χ1n) is 6.30. The molecule has 0 spiro atoms. The molecule has 0 aliphatic heterocycles. The molecule has 4 nitrogen and oxygen atoms in total. The lowest BCUT2D eigenvalue weighted by Gasteiger charge is -2.09. The zero-order chi connectivity index (χ0) is 16.3. The Kier molecular flexibility index (Phi) is 4.35. The van der Waals surface area contributed by atoms with Crippen molar-refractivity contribution >= 4 is 11.8 Å². The first-order chi connectivity index (χ1) is 10.3. The van der Waals surface area contributed by atoms with Gasteiger partial charge < -0.3 is 9.72 Å². The number of halogens is 3. The van der Waals surface area contributed by atoms with Gasteiger partial charge in [-0.2, -0.15) is 13.2 Å². The molecule has 22 heavy (non-hydrogen) atoms. The summed E-state index contributed by atoms with van der Waals surface area (Å²) in [7, 11) is 0. The van der Waals surface area contributed by atoms with E-state index in [4.69, 9.17) is 4.74 Å². The molecule has 1 aromatic carbocycles. The minimum absolute atomic E-state index is 0.0668. The van der Waals surface area contributed by atoms with Crippen molar-refractivity contribution in [2.24, 2.45) is 0 Å². The third-order valence-electron chi connectivity index (χ3n) is 2.93. The smallest absolute Gasteiger partial charge is 0.416 e. The van der Waals surface area contributed by atoms with E-state index in [0.717, 1.165) is 12.1 Å². The van der Waals surface area contributed by atoms with Gasteiger partial charge in [-0.1, -0.05) is 12.1 Å². The van der Waals surface area contributed by atoms with Crippen molar-refractivity contribution in [3.8, 4) is 0 Å². The van der Waals surface area contributed by atoms with Crippen LogP contribution in [0.25, 0.3) is 0 Å². The van der Waals surface area contributed by atoms with Crippen molar-refractivity contribution < 1.29 is 27.5 Å². The van der Waals surface area contributed by atoms with Crippen LogP contribution in [0.1, 0.15) is 38.9 Å². The Balaban J connectivity index is 2.03. The van der Waals surface area contributed by atoms with Crippen molar-refractivity contribution in [2.45, 2.75) is 19.7 Å². The number of carbonyl (C=O) groups excluding carboxylic acids is 2. The van der Waals surface area contributed by atoms with Crippen LogP contribution in [0.15, 0.2) is 36.5 Å². The molecule has 2 rings (SSSR count). The molecule has 7 heteroatoms. The summed E-state index contributed by atoms with van der Waals surface area (Å²) in [6.45, 7) is 1.05. The fourth-order valence-electron chi connectivity index (χ4n) is 1.78. The topological polar surface area (TPSA) is 59.2 Å². The lowest BCUT2D eigenvalue weighted by atomic mass is 10.1. The van der Waals surface area contributed by atoms with E-state index in [-0.39, 0.29) is 23.6 Å². The Bertz CT molecular complexity index is 704. The molecule has 0 aliphatic carbocycles. The zero-order valence-corrected chi connectivity index (χ0v) is 11.5. The third kappa shape index (κ3) is 3.75. The second-order valence-corrected chi connectivity index (χ2v) is 4.63. The van der Waals surface area contributed by atoms with Crippen molar-refractivity contribution in [3.63, 3.8) is 0 Å². The van der Waals surface area contributed by atoms with E-state index in [2.05, 4.69) is 4.98 Å². The zero-order valence-electron chi connectivity index (χ0n) is 11.5. The summed E-state index contributed by atoms with van der Waals surface area (Å²) < 4.78 is 42.6. The number of hydrogen-bond donors (Lipinski definition) is 1. The van der Waals surface area contributed by atoms with Gasteiger partial charge in [0, 0.05) is 11.8 Å². The number of H-pyrrole nitrogens is 1. The molecule has 0 unspecified atom stereocenters. The number of ketones is 1. The fourth-order valence-corrected chi connectivity index (χ4v) is 1.78. The number of aromatic nitrogens is 1. The highest BCUT2D eigenvalue weighted by Crippen LogP contribution is 2.29. The molecular weight excluding hydrogens is 299 g/mol. The summed E-state index contributed by atoms with van der Waals surface area (Å²) in [6.07, 6.45) is -3.08. The number of ether oxygens (including phenoxy) is 1. The summed E-state index contributed by atoms with van der Waals surface area (Å²) in [5, 5.41) is 0. The third-order valence-corrected chi connectivity index (χ3v) is 2.93. The van der Waals surface area contributed by atoms with Gasteiger partial charge in [-0.25, -0.2) is 4.79 Å². The molecule has 2 aromatic rings. The van der Waals surface area contributed by atoms with Gasteiger partial charge in [0.25, 0.3) is 0 Å². The van der Waals surface area contributed by atoms with E-state index in [1.165, 1.54) is 31.3 Å². The molecule has 0 aliphatic rings. The Morgan fingerprint density at radius 2 is 1.95 bits per heavy atom. The van der Waals surface area contributed by atoms with E-state index in [1.54, 1.807) is 0 Å². The van der Waals surface area contributed by atoms with Crippen molar-refractivity contribution in [2.75, 3.05) is 0 Å². The van der Waals surface area contributed by atoms with E-state index >= 15 is 0 Å². The summed E-state index contributed by atoms with van der Waals surface area (Å²) >= 11 is 0. The number of benzene rings is 1. The minimum Gasteiger partial charge on any atom is -0.456 e. The van der Waals surface area contributed by atoms with Crippen molar-refractivity contribution in [1.29, 1.82) is 0 Å². The molecule has 1 aromatic heterocycles. The van der Waals surface area contributed by atoms with Gasteiger partial charge in [-0.05, 0) is 30.7 Å². The Hall–Kier alpha value is -2.57. The maximum absolute atomic E-state index is 12.6. The normalized spacial score (nSPS) is 11.3. The van der Waals surface area contributed by atoms with Crippen LogP contribution in [0.3, 0.4) is 0 Å². The van der Waals surface area contributed by atoms with Crippen LogP contribution in [0.5, 0.6) is 0 Å². The van der Waals surface area contributed by atoms with Crippen LogP contribution in [-0.2, 0) is 17.5 Å². The lowest BCUT2D eigenvalue weighted by molar-refractivity contribution is -0.137. The second-order valence-electron chi connectivity index (χ2n) is 4.63. The number of rotatable bonds is 4. The van der Waals surface area contributed by atoms with Gasteiger partial charge >= 0.3 is 12.1 Å². The molecule has 1 N–H and O–H groups in total. The first-order valence-corrected chi connectivity index (χ1v) is 6.30. The number of aromatic amines is 1. The number of carbonyl (C=O) groups is 2. The predicted molar refractivity (Wildman–Crippen MR) is 71.4 cm³/mol. The number of alkyl halides is 3. The average molecular weight is 311 g/mol. The number of hydrogen-bond acceptors (Lipinski definition) is 3. The van der Waals surface area contributed by atoms with Crippen molar-refractivity contribution in [3.05, 3.63) is 58.9 Å². The SMILES string of the molecule is CC(=O)c1c[nH]c(C(=O)OCc2cccc(C(F)(F)F)c2)c1. The highest BCUT2D eigenvalue weighted by molar-refractivity contribution is 5.97. The average Bonchev–Trinajstić information content (AvgIpc) is 2.94.